The van der Waals surface area contributed by atoms with E-state index in [1.165, 1.54) is 23.8 Å². The standard InChI is InChI=1S/C29H38N2O8S/c1-21(2)29(27(32)35-5)20-40-26(30-29)23-12-9-13-24(38-19-18-37-17-16-36-15-14-34-4)25(23)39-28(33)31(3)22-10-7-6-8-11-22/h6-13,21H,14-20H2,1-5H3/t29-/m0/s1. The van der Waals surface area contributed by atoms with Gasteiger partial charge in [-0.1, -0.05) is 38.1 Å². The van der Waals surface area contributed by atoms with Gasteiger partial charge in [-0.3, -0.25) is 9.89 Å². The quantitative estimate of drug-likeness (QED) is 0.225. The topological polar surface area (TPSA) is 105 Å². The minimum absolute atomic E-state index is 0.102. The lowest BCUT2D eigenvalue weighted by Gasteiger charge is -2.26. The van der Waals surface area contributed by atoms with Crippen molar-refractivity contribution in [3.63, 3.8) is 0 Å². The summed E-state index contributed by atoms with van der Waals surface area (Å²) >= 11 is 1.41. The number of carbonyl (C=O) groups excluding carboxylic acids is 2. The molecule has 0 saturated heterocycles. The third-order valence-electron chi connectivity index (χ3n) is 6.33. The zero-order valence-corrected chi connectivity index (χ0v) is 24.5. The summed E-state index contributed by atoms with van der Waals surface area (Å²) in [6.45, 7) is 6.29. The van der Waals surface area contributed by atoms with Crippen LogP contribution in [-0.2, 0) is 23.7 Å². The van der Waals surface area contributed by atoms with Crippen LogP contribution in [0.5, 0.6) is 11.5 Å². The number of carbonyl (C=O) groups is 2. The van der Waals surface area contributed by atoms with Crippen molar-refractivity contribution in [2.45, 2.75) is 19.4 Å². The van der Waals surface area contributed by atoms with Gasteiger partial charge in [0.05, 0.1) is 45.7 Å². The van der Waals surface area contributed by atoms with Crippen LogP contribution >= 0.6 is 11.8 Å². The minimum Gasteiger partial charge on any atom is -0.487 e. The van der Waals surface area contributed by atoms with E-state index in [1.54, 1.807) is 32.4 Å². The van der Waals surface area contributed by atoms with E-state index in [4.69, 9.17) is 33.4 Å². The summed E-state index contributed by atoms with van der Waals surface area (Å²) in [5.41, 5.74) is 0.189. The first kappa shape index (κ1) is 31.4. The number of para-hydroxylation sites is 2. The minimum atomic E-state index is -1.03. The van der Waals surface area contributed by atoms with E-state index < -0.39 is 17.6 Å². The summed E-state index contributed by atoms with van der Waals surface area (Å²) in [5.74, 6) is 0.484. The van der Waals surface area contributed by atoms with Crippen molar-refractivity contribution in [1.29, 1.82) is 0 Å². The number of thioether (sulfide) groups is 1. The van der Waals surface area contributed by atoms with Crippen molar-refractivity contribution in [2.75, 3.05) is 71.6 Å². The third kappa shape index (κ3) is 7.97. The van der Waals surface area contributed by atoms with E-state index in [2.05, 4.69) is 0 Å². The normalized spacial score (nSPS) is 16.5. The number of benzene rings is 2. The molecule has 0 aromatic heterocycles. The number of amides is 1. The molecular formula is C29H38N2O8S. The first-order valence-corrected chi connectivity index (χ1v) is 14.0. The fraction of sp³-hybridized carbons (Fsp3) is 0.483. The van der Waals surface area contributed by atoms with Gasteiger partial charge in [0.2, 0.25) is 0 Å². The largest absolute Gasteiger partial charge is 0.487 e. The highest BCUT2D eigenvalue weighted by molar-refractivity contribution is 8.14. The zero-order valence-electron chi connectivity index (χ0n) is 23.7. The molecule has 10 nitrogen and oxygen atoms in total. The van der Waals surface area contributed by atoms with Crippen LogP contribution in [-0.4, -0.2) is 89.3 Å². The van der Waals surface area contributed by atoms with Crippen molar-refractivity contribution < 1.29 is 38.0 Å². The molecule has 1 heterocycles. The van der Waals surface area contributed by atoms with Gasteiger partial charge in [0, 0.05) is 25.6 Å². The highest BCUT2D eigenvalue weighted by Gasteiger charge is 2.47. The molecule has 11 heteroatoms. The fourth-order valence-corrected chi connectivity index (χ4v) is 5.28. The van der Waals surface area contributed by atoms with E-state index >= 15 is 0 Å². The van der Waals surface area contributed by atoms with Crippen molar-refractivity contribution in [3.8, 4) is 11.5 Å². The molecule has 3 rings (SSSR count). The van der Waals surface area contributed by atoms with Crippen LogP contribution in [0.2, 0.25) is 0 Å². The summed E-state index contributed by atoms with van der Waals surface area (Å²) in [6, 6.07) is 14.5. The molecule has 0 unspecified atom stereocenters. The third-order valence-corrected chi connectivity index (χ3v) is 7.50. The Balaban J connectivity index is 1.82. The summed E-state index contributed by atoms with van der Waals surface area (Å²) < 4.78 is 32.9. The molecule has 0 saturated carbocycles. The van der Waals surface area contributed by atoms with Crippen LogP contribution in [0.1, 0.15) is 19.4 Å². The Morgan fingerprint density at radius 2 is 1.62 bits per heavy atom. The van der Waals surface area contributed by atoms with Crippen LogP contribution < -0.4 is 14.4 Å². The second kappa shape index (κ2) is 15.6. The number of aliphatic imine (C=N–C) groups is 1. The van der Waals surface area contributed by atoms with Gasteiger partial charge in [0.25, 0.3) is 0 Å². The number of anilines is 1. The molecule has 218 valence electrons. The highest BCUT2D eigenvalue weighted by atomic mass is 32.2. The molecule has 0 bridgehead atoms. The number of rotatable bonds is 15. The lowest BCUT2D eigenvalue weighted by Crippen LogP contribution is -2.43. The Morgan fingerprint density at radius 1 is 0.950 bits per heavy atom. The van der Waals surface area contributed by atoms with Crippen LogP contribution in [0.3, 0.4) is 0 Å². The van der Waals surface area contributed by atoms with Crippen molar-refractivity contribution in [3.05, 3.63) is 54.1 Å². The Hall–Kier alpha value is -3.12. The van der Waals surface area contributed by atoms with E-state index in [0.29, 0.717) is 60.8 Å². The summed E-state index contributed by atoms with van der Waals surface area (Å²) in [4.78, 5) is 32.2. The maximum atomic E-state index is 13.2. The molecule has 1 atom stereocenters. The van der Waals surface area contributed by atoms with Gasteiger partial charge in [-0.25, -0.2) is 9.59 Å². The molecule has 0 radical (unpaired) electrons. The van der Waals surface area contributed by atoms with Gasteiger partial charge < -0.3 is 28.4 Å². The van der Waals surface area contributed by atoms with Crippen molar-refractivity contribution in [1.82, 2.24) is 0 Å². The zero-order chi connectivity index (χ0) is 29.0. The van der Waals surface area contributed by atoms with Crippen molar-refractivity contribution >= 4 is 34.6 Å². The first-order chi connectivity index (χ1) is 19.3. The SMILES string of the molecule is COCCOCCOCCOc1cccc(C2=N[C@](C(=O)OC)(C(C)C)CS2)c1OC(=O)N(C)c1ccccc1. The summed E-state index contributed by atoms with van der Waals surface area (Å²) in [6.07, 6.45) is -0.598. The Morgan fingerprint density at radius 3 is 2.27 bits per heavy atom. The molecule has 1 amide bonds. The summed E-state index contributed by atoms with van der Waals surface area (Å²) in [5, 5.41) is 0.569. The molecule has 1 aliphatic rings. The molecule has 1 aliphatic heterocycles. The maximum absolute atomic E-state index is 13.2. The number of hydrogen-bond donors (Lipinski definition) is 0. The first-order valence-electron chi connectivity index (χ1n) is 13.1. The Bertz CT molecular complexity index is 1140. The molecule has 0 spiro atoms. The van der Waals surface area contributed by atoms with Gasteiger partial charge >= 0.3 is 12.1 Å². The average molecular weight is 575 g/mol. The van der Waals surface area contributed by atoms with Crippen LogP contribution in [0.15, 0.2) is 53.5 Å². The molecular weight excluding hydrogens is 536 g/mol. The lowest BCUT2D eigenvalue weighted by atomic mass is 9.89. The molecule has 2 aromatic carbocycles. The molecule has 2 aromatic rings. The van der Waals surface area contributed by atoms with Crippen LogP contribution in [0.4, 0.5) is 10.5 Å². The predicted molar refractivity (Wildman–Crippen MR) is 155 cm³/mol. The Kier molecular flexibility index (Phi) is 12.3. The van der Waals surface area contributed by atoms with E-state index in [-0.39, 0.29) is 18.3 Å². The summed E-state index contributed by atoms with van der Waals surface area (Å²) in [7, 11) is 4.61. The van der Waals surface area contributed by atoms with Crippen molar-refractivity contribution in [2.24, 2.45) is 10.9 Å². The predicted octanol–water partition coefficient (Wildman–Crippen LogP) is 4.44. The molecule has 0 fully saturated rings. The number of hydrogen-bond acceptors (Lipinski definition) is 10. The second-order valence-corrected chi connectivity index (χ2v) is 10.2. The average Bonchev–Trinajstić information content (AvgIpc) is 3.43. The fourth-order valence-electron chi connectivity index (χ4n) is 3.87. The Labute approximate surface area is 239 Å². The smallest absolute Gasteiger partial charge is 0.419 e. The van der Waals surface area contributed by atoms with Gasteiger partial charge in [-0.15, -0.1) is 11.8 Å². The van der Waals surface area contributed by atoms with Crippen LogP contribution in [0.25, 0.3) is 0 Å². The number of methoxy groups -OCH3 is 2. The number of esters is 1. The van der Waals surface area contributed by atoms with Crippen LogP contribution in [0, 0.1) is 5.92 Å². The lowest BCUT2D eigenvalue weighted by molar-refractivity contribution is -0.147. The molecule has 0 aliphatic carbocycles. The second-order valence-electron chi connectivity index (χ2n) is 9.24. The van der Waals surface area contributed by atoms with Gasteiger partial charge in [0.1, 0.15) is 11.7 Å². The van der Waals surface area contributed by atoms with Gasteiger partial charge in [0.15, 0.2) is 17.0 Å². The van der Waals surface area contributed by atoms with E-state index in [0.717, 1.165) is 0 Å². The number of nitrogens with zero attached hydrogens (tertiary/aromatic N) is 2. The molecule has 0 N–H and O–H groups in total. The van der Waals surface area contributed by atoms with E-state index in [1.807, 2.05) is 44.2 Å². The maximum Gasteiger partial charge on any atom is 0.419 e. The number of ether oxygens (including phenoxy) is 6. The van der Waals surface area contributed by atoms with Gasteiger partial charge in [-0.2, -0.15) is 0 Å². The highest BCUT2D eigenvalue weighted by Crippen LogP contribution is 2.42. The molecule has 40 heavy (non-hydrogen) atoms. The van der Waals surface area contributed by atoms with E-state index in [9.17, 15) is 9.59 Å². The monoisotopic (exact) mass is 574 g/mol. The van der Waals surface area contributed by atoms with Gasteiger partial charge in [-0.05, 0) is 30.2 Å².